The number of hydrogen-bond donors (Lipinski definition) is 1. The number of para-hydroxylation sites is 1. The Labute approximate surface area is 211 Å². The minimum absolute atomic E-state index is 0.0133. The molecule has 190 valence electrons. The molecule has 1 N–H and O–H groups in total. The van der Waals surface area contributed by atoms with Gasteiger partial charge in [0.25, 0.3) is 5.91 Å². The van der Waals surface area contributed by atoms with Crippen molar-refractivity contribution < 1.29 is 14.3 Å². The number of carbonyl (C=O) groups is 2. The van der Waals surface area contributed by atoms with Gasteiger partial charge in [0.05, 0.1) is 24.2 Å². The molecule has 3 heterocycles. The fourth-order valence-electron chi connectivity index (χ4n) is 4.60. The average Bonchev–Trinajstić information content (AvgIpc) is 3.05. The van der Waals surface area contributed by atoms with E-state index in [-0.39, 0.29) is 17.9 Å². The number of aromatic nitrogens is 3. The molecule has 0 radical (unpaired) electrons. The van der Waals surface area contributed by atoms with E-state index >= 15 is 0 Å². The molecule has 1 fully saturated rings. The van der Waals surface area contributed by atoms with E-state index in [1.54, 1.807) is 24.4 Å². The largest absolute Gasteiger partial charge is 0.481 e. The van der Waals surface area contributed by atoms with Crippen molar-refractivity contribution in [2.45, 2.75) is 32.2 Å². The lowest BCUT2D eigenvalue weighted by atomic mass is 10.1. The van der Waals surface area contributed by atoms with Gasteiger partial charge >= 0.3 is 0 Å². The zero-order valence-electron chi connectivity index (χ0n) is 21.4. The number of likely N-dealkylation sites (tertiary alicyclic amines) is 1. The van der Waals surface area contributed by atoms with Crippen molar-refractivity contribution in [1.82, 2.24) is 24.3 Å². The van der Waals surface area contributed by atoms with Gasteiger partial charge in [-0.15, -0.1) is 0 Å². The molecule has 3 aromatic rings. The molecule has 0 unspecified atom stereocenters. The predicted octanol–water partition coefficient (Wildman–Crippen LogP) is 3.67. The van der Waals surface area contributed by atoms with E-state index in [1.807, 2.05) is 55.1 Å². The number of rotatable bonds is 7. The highest BCUT2D eigenvalue weighted by atomic mass is 16.5. The van der Waals surface area contributed by atoms with Gasteiger partial charge in [-0.25, -0.2) is 9.97 Å². The quantitative estimate of drug-likeness (QED) is 0.508. The van der Waals surface area contributed by atoms with Gasteiger partial charge in [-0.1, -0.05) is 18.2 Å². The molecule has 1 saturated heterocycles. The number of anilines is 1. The smallest absolute Gasteiger partial charge is 0.258 e. The van der Waals surface area contributed by atoms with E-state index in [9.17, 15) is 9.59 Å². The Morgan fingerprint density at radius 3 is 2.86 bits per heavy atom. The van der Waals surface area contributed by atoms with Crippen LogP contribution in [0.3, 0.4) is 0 Å². The van der Waals surface area contributed by atoms with Crippen LogP contribution in [0.1, 0.15) is 41.2 Å². The molecule has 1 aromatic carbocycles. The molecular formula is C27H34N6O3. The average molecular weight is 491 g/mol. The van der Waals surface area contributed by atoms with Crippen LogP contribution >= 0.6 is 0 Å². The summed E-state index contributed by atoms with van der Waals surface area (Å²) in [6.07, 6.45) is 7.91. The van der Waals surface area contributed by atoms with Crippen molar-refractivity contribution in [3.8, 4) is 5.88 Å². The number of nitrogens with zero attached hydrogens (tertiary/aromatic N) is 5. The number of carbonyl (C=O) groups excluding carboxylic acids is 2. The van der Waals surface area contributed by atoms with Crippen molar-refractivity contribution in [2.24, 2.45) is 0 Å². The Hall–Kier alpha value is -3.72. The first kappa shape index (κ1) is 25.4. The number of fused-ring (bicyclic) bond motifs is 1. The second-order valence-electron chi connectivity index (χ2n) is 9.39. The third kappa shape index (κ3) is 5.73. The molecule has 1 atom stereocenters. The van der Waals surface area contributed by atoms with E-state index in [0.29, 0.717) is 37.0 Å². The number of benzene rings is 1. The van der Waals surface area contributed by atoms with Crippen LogP contribution in [0.4, 0.5) is 5.95 Å². The zero-order valence-corrected chi connectivity index (χ0v) is 21.4. The van der Waals surface area contributed by atoms with Gasteiger partial charge in [0.1, 0.15) is 0 Å². The highest BCUT2D eigenvalue weighted by molar-refractivity contribution is 6.04. The van der Waals surface area contributed by atoms with Crippen molar-refractivity contribution in [1.29, 1.82) is 0 Å². The molecule has 1 aliphatic heterocycles. The number of nitrogens with one attached hydrogen (secondary N) is 1. The van der Waals surface area contributed by atoms with E-state index in [4.69, 9.17) is 9.72 Å². The fourth-order valence-corrected chi connectivity index (χ4v) is 4.60. The number of likely N-dealkylation sites (N-methyl/N-ethyl adjacent to an activating group) is 1. The summed E-state index contributed by atoms with van der Waals surface area (Å²) in [6.45, 7) is 4.02. The minimum Gasteiger partial charge on any atom is -0.481 e. The molecule has 9 heteroatoms. The second-order valence-corrected chi connectivity index (χ2v) is 9.39. The Balaban J connectivity index is 1.67. The zero-order chi connectivity index (χ0) is 25.7. The van der Waals surface area contributed by atoms with Gasteiger partial charge in [-0.2, -0.15) is 0 Å². The van der Waals surface area contributed by atoms with Crippen LogP contribution in [0.2, 0.25) is 0 Å². The fraction of sp³-hybridized carbons (Fsp3) is 0.407. The molecule has 0 bridgehead atoms. The third-order valence-electron chi connectivity index (χ3n) is 6.40. The molecule has 0 spiro atoms. The van der Waals surface area contributed by atoms with Gasteiger partial charge in [0.15, 0.2) is 0 Å². The topological polar surface area (TPSA) is 92.6 Å². The number of amides is 2. The first-order valence-electron chi connectivity index (χ1n) is 12.3. The number of hydrogen-bond acceptors (Lipinski definition) is 6. The van der Waals surface area contributed by atoms with E-state index < -0.39 is 0 Å². The van der Waals surface area contributed by atoms with Crippen LogP contribution in [-0.2, 0) is 4.79 Å². The molecular weight excluding hydrogens is 456 g/mol. The maximum absolute atomic E-state index is 13.2. The number of ether oxygens (including phenoxy) is 1. The van der Waals surface area contributed by atoms with Crippen LogP contribution in [0.5, 0.6) is 5.88 Å². The predicted molar refractivity (Wildman–Crippen MR) is 140 cm³/mol. The monoisotopic (exact) mass is 490 g/mol. The highest BCUT2D eigenvalue weighted by Gasteiger charge is 2.27. The van der Waals surface area contributed by atoms with Crippen LogP contribution in [0.15, 0.2) is 48.7 Å². The van der Waals surface area contributed by atoms with Gasteiger partial charge in [-0.3, -0.25) is 14.9 Å². The first-order chi connectivity index (χ1) is 17.4. The van der Waals surface area contributed by atoms with Crippen LogP contribution < -0.4 is 10.1 Å². The summed E-state index contributed by atoms with van der Waals surface area (Å²) in [7, 11) is 5.46. The van der Waals surface area contributed by atoms with E-state index in [1.165, 1.54) is 7.11 Å². The Kier molecular flexibility index (Phi) is 8.00. The van der Waals surface area contributed by atoms with Crippen molar-refractivity contribution in [3.05, 3.63) is 59.8 Å². The summed E-state index contributed by atoms with van der Waals surface area (Å²) in [5.74, 6) is 0.562. The summed E-state index contributed by atoms with van der Waals surface area (Å²) in [5.41, 5.74) is 3.29. The van der Waals surface area contributed by atoms with E-state index in [0.717, 1.165) is 35.9 Å². The molecule has 36 heavy (non-hydrogen) atoms. The molecule has 1 aliphatic rings. The van der Waals surface area contributed by atoms with Gasteiger partial charge in [0.2, 0.25) is 17.7 Å². The molecule has 4 rings (SSSR count). The van der Waals surface area contributed by atoms with Gasteiger partial charge < -0.3 is 19.1 Å². The van der Waals surface area contributed by atoms with Gasteiger partial charge in [-0.05, 0) is 58.0 Å². The number of aryl methyl sites for hydroxylation is 1. The lowest BCUT2D eigenvalue weighted by Gasteiger charge is -2.26. The van der Waals surface area contributed by atoms with Crippen LogP contribution in [0.25, 0.3) is 11.0 Å². The van der Waals surface area contributed by atoms with Crippen molar-refractivity contribution in [2.75, 3.05) is 46.2 Å². The Bertz CT molecular complexity index is 1270. The maximum Gasteiger partial charge on any atom is 0.258 e. The molecule has 0 saturated carbocycles. The normalized spacial score (nSPS) is 16.5. The minimum atomic E-state index is -0.293. The second kappa shape index (κ2) is 11.3. The summed E-state index contributed by atoms with van der Waals surface area (Å²) in [4.78, 5) is 39.0. The van der Waals surface area contributed by atoms with Crippen LogP contribution in [-0.4, -0.2) is 77.0 Å². The molecule has 2 aromatic heterocycles. The standard InChI is InChI=1S/C27H34N6O3/c1-19-9-7-11-22-25(19)33(27(29-22)30-26(35)20-13-14-28-23(17-20)36-4)21-10-5-6-16-32(18-21)24(34)12-8-15-31(2)3/h7-9,11-14,17,21H,5-6,10,15-16,18H2,1-4H3,(H,29,30,35)/b12-8+/t21-/m1/s1. The number of pyridine rings is 1. The lowest BCUT2D eigenvalue weighted by Crippen LogP contribution is -2.35. The van der Waals surface area contributed by atoms with Gasteiger partial charge in [0, 0.05) is 43.5 Å². The summed E-state index contributed by atoms with van der Waals surface area (Å²) >= 11 is 0. The van der Waals surface area contributed by atoms with Crippen molar-refractivity contribution >= 4 is 28.8 Å². The third-order valence-corrected chi connectivity index (χ3v) is 6.40. The summed E-state index contributed by atoms with van der Waals surface area (Å²) in [6, 6.07) is 9.18. The number of methoxy groups -OCH3 is 1. The SMILES string of the molecule is COc1cc(C(=O)Nc2nc3cccc(C)c3n2[C@@H]2CCCCN(C(=O)/C=C/CN(C)C)C2)ccn1. The Morgan fingerprint density at radius 1 is 1.25 bits per heavy atom. The molecule has 9 nitrogen and oxygen atoms in total. The lowest BCUT2D eigenvalue weighted by molar-refractivity contribution is -0.126. The summed E-state index contributed by atoms with van der Waals surface area (Å²) in [5, 5.41) is 3.01. The maximum atomic E-state index is 13.2. The molecule has 0 aliphatic carbocycles. The van der Waals surface area contributed by atoms with E-state index in [2.05, 4.69) is 14.9 Å². The highest BCUT2D eigenvalue weighted by Crippen LogP contribution is 2.32. The number of imidazole rings is 1. The summed E-state index contributed by atoms with van der Waals surface area (Å²) < 4.78 is 7.28. The molecule has 2 amide bonds. The Morgan fingerprint density at radius 2 is 2.08 bits per heavy atom. The van der Waals surface area contributed by atoms with Crippen molar-refractivity contribution in [3.63, 3.8) is 0 Å². The first-order valence-corrected chi connectivity index (χ1v) is 12.3. The van der Waals surface area contributed by atoms with Crippen LogP contribution in [0, 0.1) is 6.92 Å².